The van der Waals surface area contributed by atoms with Gasteiger partial charge in [0.25, 0.3) is 0 Å². The van der Waals surface area contributed by atoms with Gasteiger partial charge < -0.3 is 9.13 Å². The Hall–Kier alpha value is -7.39. The fourth-order valence-electron chi connectivity index (χ4n) is 7.36. The molecule has 9 rings (SSSR count). The summed E-state index contributed by atoms with van der Waals surface area (Å²) in [7, 11) is 0. The first kappa shape index (κ1) is 28.8. The summed E-state index contributed by atoms with van der Waals surface area (Å²) >= 11 is 0. The van der Waals surface area contributed by atoms with Gasteiger partial charge in [-0.2, -0.15) is 10.5 Å². The quantitative estimate of drug-likeness (QED) is 0.181. The molecule has 50 heavy (non-hydrogen) atoms. The van der Waals surface area contributed by atoms with Crippen LogP contribution in [0.4, 0.5) is 5.69 Å². The summed E-state index contributed by atoms with van der Waals surface area (Å²) < 4.78 is 4.46. The first-order chi connectivity index (χ1) is 24.7. The molecule has 0 atom stereocenters. The number of rotatable bonds is 4. The molecule has 5 nitrogen and oxygen atoms in total. The lowest BCUT2D eigenvalue weighted by Crippen LogP contribution is -1.98. The molecule has 0 N–H and O–H groups in total. The molecule has 2 aromatic heterocycles. The number of benzene rings is 7. The second kappa shape index (κ2) is 11.4. The van der Waals surface area contributed by atoms with Crippen LogP contribution in [0.15, 0.2) is 152 Å². The van der Waals surface area contributed by atoms with Crippen LogP contribution >= 0.6 is 0 Å². The number of hydrogen-bond donors (Lipinski definition) is 0. The maximum atomic E-state index is 10.2. The highest BCUT2D eigenvalue weighted by atomic mass is 15.0. The van der Waals surface area contributed by atoms with Gasteiger partial charge >= 0.3 is 0 Å². The monoisotopic (exact) mass is 635 g/mol. The molecule has 0 saturated carbocycles. The molecule has 0 aliphatic rings. The number of fused-ring (bicyclic) bond motifs is 6. The summed E-state index contributed by atoms with van der Waals surface area (Å²) in [6, 6.07) is 55.7. The molecule has 5 heteroatoms. The molecular weight excluding hydrogens is 611 g/mol. The van der Waals surface area contributed by atoms with Crippen molar-refractivity contribution in [1.82, 2.24) is 9.13 Å². The van der Waals surface area contributed by atoms with Gasteiger partial charge in [0, 0.05) is 43.9 Å². The third kappa shape index (κ3) is 4.38. The molecule has 7 aromatic carbocycles. The van der Waals surface area contributed by atoms with Gasteiger partial charge in [-0.3, -0.25) is 0 Å². The standard InChI is InChI=1S/C45H25N5/c1-48-33-19-22-38-40-24-29(27-46)14-23-44(40)50(45(38)26-33)41-11-5-2-8-35(41)31-15-16-32(28-47)39(25-31)30-17-20-34(21-18-30)49-42-12-6-3-9-36(42)37-10-4-7-13-43(37)49/h2-26H. The zero-order chi connectivity index (χ0) is 33.8. The SMILES string of the molecule is [C-]#[N+]c1ccc2c3cc(C#N)ccc3n(-c3ccccc3-c3ccc(C#N)c(-c4ccc(-n5c6ccccc6c6ccccc65)cc4)c3)c2c1. The van der Waals surface area contributed by atoms with Crippen LogP contribution in [0.2, 0.25) is 0 Å². The smallest absolute Gasteiger partial charge is 0.189 e. The molecule has 0 unspecified atom stereocenters. The van der Waals surface area contributed by atoms with Crippen molar-refractivity contribution in [2.75, 3.05) is 0 Å². The summed E-state index contributed by atoms with van der Waals surface area (Å²) in [6.45, 7) is 7.68. The van der Waals surface area contributed by atoms with Crippen molar-refractivity contribution >= 4 is 49.3 Å². The van der Waals surface area contributed by atoms with Gasteiger partial charge in [-0.25, -0.2) is 4.85 Å². The number of nitriles is 2. The van der Waals surface area contributed by atoms with Gasteiger partial charge in [0.05, 0.1) is 52.1 Å². The highest BCUT2D eigenvalue weighted by Gasteiger charge is 2.18. The maximum Gasteiger partial charge on any atom is 0.189 e. The molecule has 0 spiro atoms. The lowest BCUT2D eigenvalue weighted by Gasteiger charge is -2.16. The van der Waals surface area contributed by atoms with Crippen LogP contribution in [-0.2, 0) is 0 Å². The summed E-state index contributed by atoms with van der Waals surface area (Å²) in [5.74, 6) is 0. The predicted molar refractivity (Wildman–Crippen MR) is 202 cm³/mol. The summed E-state index contributed by atoms with van der Waals surface area (Å²) in [6.07, 6.45) is 0. The Labute approximate surface area is 288 Å². The van der Waals surface area contributed by atoms with Crippen molar-refractivity contribution in [3.8, 4) is 45.8 Å². The minimum Gasteiger partial charge on any atom is -0.310 e. The van der Waals surface area contributed by atoms with E-state index in [1.165, 1.54) is 10.8 Å². The summed E-state index contributed by atoms with van der Waals surface area (Å²) in [5, 5.41) is 24.2. The molecule has 0 aliphatic carbocycles. The predicted octanol–water partition coefficient (Wildman–Crippen LogP) is 11.5. The number of nitrogens with zero attached hydrogens (tertiary/aromatic N) is 5. The molecule has 0 amide bonds. The van der Waals surface area contributed by atoms with Crippen molar-refractivity contribution in [2.24, 2.45) is 0 Å². The van der Waals surface area contributed by atoms with Crippen molar-refractivity contribution in [3.63, 3.8) is 0 Å². The Morgan fingerprint density at radius 3 is 1.86 bits per heavy atom. The lowest BCUT2D eigenvalue weighted by atomic mass is 9.94. The molecule has 9 aromatic rings. The minimum atomic E-state index is 0.546. The Morgan fingerprint density at radius 1 is 0.480 bits per heavy atom. The molecule has 0 bridgehead atoms. The Balaban J connectivity index is 1.20. The van der Waals surface area contributed by atoms with Crippen LogP contribution in [0, 0.1) is 29.2 Å². The van der Waals surface area contributed by atoms with Crippen LogP contribution in [0.25, 0.3) is 82.1 Å². The van der Waals surface area contributed by atoms with Crippen LogP contribution in [0.3, 0.4) is 0 Å². The van der Waals surface area contributed by atoms with Crippen molar-refractivity contribution in [2.45, 2.75) is 0 Å². The van der Waals surface area contributed by atoms with E-state index in [-0.39, 0.29) is 0 Å². The van der Waals surface area contributed by atoms with E-state index in [0.717, 1.165) is 66.5 Å². The largest absolute Gasteiger partial charge is 0.310 e. The van der Waals surface area contributed by atoms with Crippen LogP contribution in [0.1, 0.15) is 11.1 Å². The van der Waals surface area contributed by atoms with Crippen LogP contribution in [-0.4, -0.2) is 9.13 Å². The average molecular weight is 636 g/mol. The van der Waals surface area contributed by atoms with Crippen LogP contribution in [0.5, 0.6) is 0 Å². The number of hydrogen-bond acceptors (Lipinski definition) is 2. The van der Waals surface area contributed by atoms with Gasteiger partial charge in [-0.15, -0.1) is 0 Å². The van der Waals surface area contributed by atoms with E-state index in [4.69, 9.17) is 6.57 Å². The maximum absolute atomic E-state index is 10.2. The van der Waals surface area contributed by atoms with E-state index in [1.54, 1.807) is 0 Å². The zero-order valence-electron chi connectivity index (χ0n) is 26.7. The fraction of sp³-hybridized carbons (Fsp3) is 0. The van der Waals surface area contributed by atoms with E-state index in [9.17, 15) is 10.5 Å². The van der Waals surface area contributed by atoms with E-state index in [0.29, 0.717) is 16.8 Å². The second-order valence-corrected chi connectivity index (χ2v) is 12.3. The minimum absolute atomic E-state index is 0.546. The third-order valence-electron chi connectivity index (χ3n) is 9.62. The van der Waals surface area contributed by atoms with E-state index < -0.39 is 0 Å². The normalized spacial score (nSPS) is 11.1. The first-order valence-corrected chi connectivity index (χ1v) is 16.3. The Morgan fingerprint density at radius 2 is 1.14 bits per heavy atom. The summed E-state index contributed by atoms with van der Waals surface area (Å²) in [4.78, 5) is 3.71. The molecular formula is C45H25N5. The Kier molecular flexibility index (Phi) is 6.56. The highest BCUT2D eigenvalue weighted by Crippen LogP contribution is 2.40. The summed E-state index contributed by atoms with van der Waals surface area (Å²) in [5.41, 5.74) is 11.6. The second-order valence-electron chi connectivity index (χ2n) is 12.3. The molecule has 0 fully saturated rings. The van der Waals surface area contributed by atoms with E-state index in [1.807, 2.05) is 60.7 Å². The van der Waals surface area contributed by atoms with Gasteiger partial charge in [0.15, 0.2) is 5.69 Å². The lowest BCUT2D eigenvalue weighted by molar-refractivity contribution is 1.18. The Bertz CT molecular complexity index is 2900. The van der Waals surface area contributed by atoms with Gasteiger partial charge in [0.2, 0.25) is 0 Å². The number of aromatic nitrogens is 2. The van der Waals surface area contributed by atoms with Gasteiger partial charge in [-0.05, 0) is 77.9 Å². The first-order valence-electron chi connectivity index (χ1n) is 16.3. The zero-order valence-corrected chi connectivity index (χ0v) is 26.7. The molecule has 230 valence electrons. The van der Waals surface area contributed by atoms with Gasteiger partial charge in [0.1, 0.15) is 0 Å². The van der Waals surface area contributed by atoms with Crippen molar-refractivity contribution in [3.05, 3.63) is 174 Å². The van der Waals surface area contributed by atoms with Crippen LogP contribution < -0.4 is 0 Å². The van der Waals surface area contributed by atoms with E-state index in [2.05, 4.69) is 117 Å². The molecule has 0 radical (unpaired) electrons. The third-order valence-corrected chi connectivity index (χ3v) is 9.62. The van der Waals surface area contributed by atoms with Gasteiger partial charge in [-0.1, -0.05) is 84.9 Å². The molecule has 0 aliphatic heterocycles. The average Bonchev–Trinajstić information content (AvgIpc) is 3.69. The molecule has 2 heterocycles. The van der Waals surface area contributed by atoms with Crippen molar-refractivity contribution in [1.29, 1.82) is 10.5 Å². The number of para-hydroxylation sites is 3. The highest BCUT2D eigenvalue weighted by molar-refractivity contribution is 6.11. The van der Waals surface area contributed by atoms with Crippen molar-refractivity contribution < 1.29 is 0 Å². The molecule has 0 saturated heterocycles. The van der Waals surface area contributed by atoms with E-state index >= 15 is 0 Å². The topological polar surface area (TPSA) is 61.8 Å². The fourth-order valence-corrected chi connectivity index (χ4v) is 7.36.